The zero-order chi connectivity index (χ0) is 20.7. The fraction of sp³-hybridized carbons (Fsp3) is 0.115. The summed E-state index contributed by atoms with van der Waals surface area (Å²) < 4.78 is 14.1. The third-order valence-corrected chi connectivity index (χ3v) is 5.49. The van der Waals surface area contributed by atoms with Gasteiger partial charge in [-0.2, -0.15) is 0 Å². The molecule has 0 saturated heterocycles. The predicted octanol–water partition coefficient (Wildman–Crippen LogP) is 5.68. The molecule has 0 amide bonds. The molecule has 1 aromatic heterocycles. The topological polar surface area (TPSA) is 40.5 Å². The molecule has 3 aromatic carbocycles. The molecular weight excluding hydrogens is 374 g/mol. The summed E-state index contributed by atoms with van der Waals surface area (Å²) in [6.07, 6.45) is 3.84. The van der Waals surface area contributed by atoms with E-state index >= 15 is 0 Å². The van der Waals surface area contributed by atoms with E-state index in [1.165, 1.54) is 0 Å². The molecule has 4 aromatic rings. The third kappa shape index (κ3) is 3.07. The van der Waals surface area contributed by atoms with Gasteiger partial charge in [0.1, 0.15) is 18.1 Å². The normalized spacial score (nSPS) is 14.2. The lowest BCUT2D eigenvalue weighted by atomic mass is 10.1. The molecule has 1 aliphatic rings. The second-order valence-corrected chi connectivity index (χ2v) is 7.49. The molecule has 0 atom stereocenters. The Morgan fingerprint density at radius 3 is 2.60 bits per heavy atom. The van der Waals surface area contributed by atoms with Crippen molar-refractivity contribution >= 4 is 22.8 Å². The summed E-state index contributed by atoms with van der Waals surface area (Å²) in [7, 11) is 2.00. The first kappa shape index (κ1) is 18.3. The fourth-order valence-electron chi connectivity index (χ4n) is 3.89. The van der Waals surface area contributed by atoms with Gasteiger partial charge in [0.25, 0.3) is 0 Å². The average Bonchev–Trinajstić information content (AvgIpc) is 3.26. The van der Waals surface area contributed by atoms with Gasteiger partial charge in [-0.25, -0.2) is 0 Å². The van der Waals surface area contributed by atoms with Crippen LogP contribution in [0.25, 0.3) is 17.0 Å². The number of nitrogens with zero attached hydrogens (tertiary/aromatic N) is 1. The van der Waals surface area contributed by atoms with Gasteiger partial charge >= 0.3 is 0 Å². The molecule has 1 aliphatic heterocycles. The number of ether oxygens (including phenoxy) is 2. The van der Waals surface area contributed by atoms with Gasteiger partial charge in [0, 0.05) is 35.3 Å². The molecular formula is C26H21NO3. The number of para-hydroxylation sites is 1. The molecule has 0 unspecified atom stereocenters. The number of fused-ring (bicyclic) bond motifs is 2. The summed E-state index contributed by atoms with van der Waals surface area (Å²) in [5.74, 6) is 1.54. The number of rotatable bonds is 4. The second kappa shape index (κ2) is 7.23. The van der Waals surface area contributed by atoms with E-state index in [1.807, 2.05) is 74.8 Å². The van der Waals surface area contributed by atoms with E-state index in [0.29, 0.717) is 23.7 Å². The molecule has 30 heavy (non-hydrogen) atoms. The van der Waals surface area contributed by atoms with Crippen LogP contribution in [0.5, 0.6) is 11.5 Å². The van der Waals surface area contributed by atoms with Crippen LogP contribution in [0.1, 0.15) is 27.0 Å². The maximum atomic E-state index is 12.9. The van der Waals surface area contributed by atoms with E-state index in [2.05, 4.69) is 16.7 Å². The Labute approximate surface area is 175 Å². The zero-order valence-electron chi connectivity index (χ0n) is 16.9. The number of carbonyl (C=O) groups excluding carboxylic acids is 1. The summed E-state index contributed by atoms with van der Waals surface area (Å²) >= 11 is 0. The van der Waals surface area contributed by atoms with Crippen LogP contribution in [0.4, 0.5) is 0 Å². The van der Waals surface area contributed by atoms with E-state index in [-0.39, 0.29) is 5.78 Å². The summed E-state index contributed by atoms with van der Waals surface area (Å²) in [5, 5.41) is 1.09. The zero-order valence-corrected chi connectivity index (χ0v) is 16.9. The van der Waals surface area contributed by atoms with Crippen molar-refractivity contribution in [1.82, 2.24) is 4.57 Å². The molecule has 4 nitrogen and oxygen atoms in total. The number of allylic oxidation sites excluding steroid dienone is 1. The quantitative estimate of drug-likeness (QED) is 0.417. The van der Waals surface area contributed by atoms with Crippen LogP contribution in [-0.4, -0.2) is 10.4 Å². The van der Waals surface area contributed by atoms with E-state index < -0.39 is 0 Å². The Bertz CT molecular complexity index is 1300. The second-order valence-electron chi connectivity index (χ2n) is 7.49. The molecule has 4 heteroatoms. The first-order valence-corrected chi connectivity index (χ1v) is 9.90. The van der Waals surface area contributed by atoms with Gasteiger partial charge in [-0.1, -0.05) is 48.5 Å². The molecule has 0 aliphatic carbocycles. The highest BCUT2D eigenvalue weighted by Crippen LogP contribution is 2.40. The fourth-order valence-corrected chi connectivity index (χ4v) is 3.89. The number of Topliss-reactive ketones (excluding diaryl/α,β-unsaturated/α-hetero) is 1. The average molecular weight is 395 g/mol. The van der Waals surface area contributed by atoms with Crippen LogP contribution in [0.15, 0.2) is 78.7 Å². The van der Waals surface area contributed by atoms with Crippen LogP contribution < -0.4 is 9.47 Å². The van der Waals surface area contributed by atoms with Crippen LogP contribution >= 0.6 is 0 Å². The summed E-state index contributed by atoms with van der Waals surface area (Å²) in [4.78, 5) is 12.9. The minimum Gasteiger partial charge on any atom is -0.488 e. The number of hydrogen-bond donors (Lipinski definition) is 0. The largest absolute Gasteiger partial charge is 0.488 e. The van der Waals surface area contributed by atoms with Crippen molar-refractivity contribution in [1.29, 1.82) is 0 Å². The van der Waals surface area contributed by atoms with Crippen LogP contribution in [-0.2, 0) is 13.7 Å². The molecule has 0 radical (unpaired) electrons. The monoisotopic (exact) mass is 395 g/mol. The van der Waals surface area contributed by atoms with Crippen molar-refractivity contribution in [3.63, 3.8) is 0 Å². The van der Waals surface area contributed by atoms with Crippen LogP contribution in [0.3, 0.4) is 0 Å². The molecule has 5 rings (SSSR count). The van der Waals surface area contributed by atoms with Gasteiger partial charge in [0.2, 0.25) is 5.78 Å². The third-order valence-electron chi connectivity index (χ3n) is 5.49. The molecule has 0 saturated carbocycles. The predicted molar refractivity (Wildman–Crippen MR) is 118 cm³/mol. The Morgan fingerprint density at radius 2 is 1.77 bits per heavy atom. The highest BCUT2D eigenvalue weighted by atomic mass is 16.5. The molecule has 0 N–H and O–H groups in total. The van der Waals surface area contributed by atoms with E-state index in [0.717, 1.165) is 33.3 Å². The van der Waals surface area contributed by atoms with Crippen molar-refractivity contribution in [3.8, 4) is 11.5 Å². The maximum absolute atomic E-state index is 12.9. The van der Waals surface area contributed by atoms with Crippen molar-refractivity contribution in [2.24, 2.45) is 7.05 Å². The Kier molecular flexibility index (Phi) is 4.40. The minimum absolute atomic E-state index is 0.101. The van der Waals surface area contributed by atoms with E-state index in [9.17, 15) is 4.79 Å². The van der Waals surface area contributed by atoms with Gasteiger partial charge < -0.3 is 14.0 Å². The number of hydrogen-bond acceptors (Lipinski definition) is 3. The lowest BCUT2D eigenvalue weighted by molar-refractivity contribution is 0.101. The van der Waals surface area contributed by atoms with Crippen molar-refractivity contribution < 1.29 is 14.3 Å². The highest BCUT2D eigenvalue weighted by molar-refractivity contribution is 6.15. The van der Waals surface area contributed by atoms with Crippen molar-refractivity contribution in [2.75, 3.05) is 0 Å². The molecule has 0 fully saturated rings. The lowest BCUT2D eigenvalue weighted by Gasteiger charge is -2.11. The summed E-state index contributed by atoms with van der Waals surface area (Å²) in [6.45, 7) is 2.39. The van der Waals surface area contributed by atoms with Crippen molar-refractivity contribution in [3.05, 3.63) is 101 Å². The van der Waals surface area contributed by atoms with Gasteiger partial charge in [-0.05, 0) is 36.8 Å². The Hall–Kier alpha value is -3.79. The van der Waals surface area contributed by atoms with Crippen LogP contribution in [0, 0.1) is 6.92 Å². The van der Waals surface area contributed by atoms with Gasteiger partial charge in [-0.3, -0.25) is 4.79 Å². The number of ketones is 1. The maximum Gasteiger partial charge on any atom is 0.231 e. The first-order valence-electron chi connectivity index (χ1n) is 9.90. The molecule has 148 valence electrons. The minimum atomic E-state index is -0.101. The van der Waals surface area contributed by atoms with Gasteiger partial charge in [0.05, 0.1) is 5.56 Å². The van der Waals surface area contributed by atoms with Crippen molar-refractivity contribution in [2.45, 2.75) is 13.5 Å². The van der Waals surface area contributed by atoms with Gasteiger partial charge in [0.15, 0.2) is 5.76 Å². The molecule has 2 heterocycles. The summed E-state index contributed by atoms with van der Waals surface area (Å²) in [6, 6.07) is 21.7. The van der Waals surface area contributed by atoms with E-state index in [1.54, 1.807) is 6.07 Å². The van der Waals surface area contributed by atoms with E-state index in [4.69, 9.17) is 9.47 Å². The molecule has 0 spiro atoms. The Morgan fingerprint density at radius 1 is 1.00 bits per heavy atom. The standard InChI is InChI=1S/C26H21NO3/c1-17-23(29-16-18-8-4-3-5-9-18)13-12-21-25(28)24(30-26(17)21)14-19-15-27(2)22-11-7-6-10-20(19)22/h3-15H,16H2,1-2H3. The van der Waals surface area contributed by atoms with Gasteiger partial charge in [-0.15, -0.1) is 0 Å². The number of carbonyl (C=O) groups is 1. The number of aryl methyl sites for hydroxylation is 1. The molecule has 0 bridgehead atoms. The SMILES string of the molecule is Cc1c(OCc2ccccc2)ccc2c1OC(=Cc1cn(C)c3ccccc13)C2=O. The van der Waals surface area contributed by atoms with Crippen LogP contribution in [0.2, 0.25) is 0 Å². The smallest absolute Gasteiger partial charge is 0.231 e. The summed E-state index contributed by atoms with van der Waals surface area (Å²) in [5.41, 5.74) is 4.57. The first-order chi connectivity index (χ1) is 14.6. The highest BCUT2D eigenvalue weighted by Gasteiger charge is 2.30. The lowest BCUT2D eigenvalue weighted by Crippen LogP contribution is -1.98. The number of aromatic nitrogens is 1. The Balaban J connectivity index is 1.45. The number of benzene rings is 3.